The second-order valence-corrected chi connectivity index (χ2v) is 8.19. The van der Waals surface area contributed by atoms with Crippen molar-refractivity contribution in [2.45, 2.75) is 82.3 Å². The van der Waals surface area contributed by atoms with Crippen LogP contribution in [0.3, 0.4) is 0 Å². The van der Waals surface area contributed by atoms with Gasteiger partial charge in [0.1, 0.15) is 0 Å². The Hall–Kier alpha value is -1.63. The molecule has 0 amide bonds. The molecule has 2 aliphatic carbocycles. The van der Waals surface area contributed by atoms with Gasteiger partial charge in [0.05, 0.1) is 0 Å². The number of anilines is 3. The summed E-state index contributed by atoms with van der Waals surface area (Å²) in [6, 6.07) is 1.61. The van der Waals surface area contributed by atoms with Crippen LogP contribution in [0, 0.1) is 0 Å². The molecule has 0 bridgehead atoms. The topological polar surface area (TPSA) is 83.2 Å². The fourth-order valence-electron chi connectivity index (χ4n) is 4.33. The highest BCUT2D eigenvalue weighted by Gasteiger charge is 2.27. The maximum absolute atomic E-state index is 5.99. The molecule has 7 nitrogen and oxygen atoms in total. The minimum Gasteiger partial charge on any atom is -0.368 e. The summed E-state index contributed by atoms with van der Waals surface area (Å²) in [4.78, 5) is 18.0. The van der Waals surface area contributed by atoms with Gasteiger partial charge in [-0.3, -0.25) is 0 Å². The average molecular weight is 362 g/mol. The van der Waals surface area contributed by atoms with Crippen molar-refractivity contribution >= 4 is 17.8 Å². The molecule has 2 aliphatic rings. The minimum absolute atomic E-state index is 0.306. The van der Waals surface area contributed by atoms with Gasteiger partial charge in [-0.1, -0.05) is 25.7 Å². The third kappa shape index (κ3) is 4.96. The summed E-state index contributed by atoms with van der Waals surface area (Å²) in [7, 11) is 6.44. The van der Waals surface area contributed by atoms with Crippen LogP contribution >= 0.6 is 0 Å². The molecule has 3 rings (SSSR count). The lowest BCUT2D eigenvalue weighted by atomic mass is 9.90. The van der Waals surface area contributed by atoms with E-state index >= 15 is 0 Å². The summed E-state index contributed by atoms with van der Waals surface area (Å²) in [5.41, 5.74) is 5.99. The van der Waals surface area contributed by atoms with Gasteiger partial charge in [0.25, 0.3) is 0 Å². The predicted molar refractivity (Wildman–Crippen MR) is 107 cm³/mol. The van der Waals surface area contributed by atoms with E-state index in [9.17, 15) is 0 Å². The van der Waals surface area contributed by atoms with E-state index in [2.05, 4.69) is 51.2 Å². The van der Waals surface area contributed by atoms with Crippen LogP contribution < -0.4 is 16.0 Å². The summed E-state index contributed by atoms with van der Waals surface area (Å²) < 4.78 is 0. The quantitative estimate of drug-likeness (QED) is 0.780. The Morgan fingerprint density at radius 2 is 1.42 bits per heavy atom. The molecule has 3 N–H and O–H groups in total. The Balaban J connectivity index is 1.65. The van der Waals surface area contributed by atoms with Crippen molar-refractivity contribution in [1.82, 2.24) is 19.9 Å². The van der Waals surface area contributed by atoms with E-state index < -0.39 is 0 Å². The third-order valence-electron chi connectivity index (χ3n) is 6.09. The second kappa shape index (κ2) is 8.84. The largest absolute Gasteiger partial charge is 0.368 e. The Labute approximate surface area is 157 Å². The van der Waals surface area contributed by atoms with Gasteiger partial charge in [0.2, 0.25) is 17.8 Å². The minimum atomic E-state index is 0.306. The lowest BCUT2D eigenvalue weighted by Gasteiger charge is -2.37. The molecule has 0 unspecified atom stereocenters. The number of nitrogens with two attached hydrogens (primary N) is 1. The maximum Gasteiger partial charge on any atom is 0.231 e. The SMILES string of the molecule is CN(C)C1CCC(N(C)c2nc(N)nc(NC3CCCCCC3)n2)CC1. The predicted octanol–water partition coefficient (Wildman–Crippen LogP) is 2.90. The molecular weight excluding hydrogens is 326 g/mol. The van der Waals surface area contributed by atoms with Crippen molar-refractivity contribution in [3.8, 4) is 0 Å². The van der Waals surface area contributed by atoms with Crippen LogP contribution in [-0.4, -0.2) is 59.1 Å². The van der Waals surface area contributed by atoms with Crippen LogP contribution in [0.25, 0.3) is 0 Å². The Kier molecular flexibility index (Phi) is 6.51. The van der Waals surface area contributed by atoms with Crippen molar-refractivity contribution in [2.24, 2.45) is 0 Å². The molecule has 0 radical (unpaired) electrons. The lowest BCUT2D eigenvalue weighted by Crippen LogP contribution is -2.41. The Bertz CT molecular complexity index is 561. The number of nitrogen functional groups attached to an aromatic ring is 1. The first-order valence-electron chi connectivity index (χ1n) is 10.2. The normalized spacial score (nSPS) is 25.1. The van der Waals surface area contributed by atoms with E-state index in [1.165, 1.54) is 51.4 Å². The average Bonchev–Trinajstić information content (AvgIpc) is 2.89. The van der Waals surface area contributed by atoms with Crippen LogP contribution in [0.4, 0.5) is 17.8 Å². The van der Waals surface area contributed by atoms with Gasteiger partial charge in [0, 0.05) is 25.2 Å². The molecule has 0 aliphatic heterocycles. The van der Waals surface area contributed by atoms with Gasteiger partial charge >= 0.3 is 0 Å². The standard InChI is InChI=1S/C19H35N7/c1-25(2)15-10-12-16(13-11-15)26(3)19-23-17(20)22-18(24-19)21-14-8-6-4-5-7-9-14/h14-16H,4-13H2,1-3H3,(H3,20,21,22,23,24). The van der Waals surface area contributed by atoms with E-state index in [1.54, 1.807) is 0 Å². The van der Waals surface area contributed by atoms with E-state index in [1.807, 2.05) is 0 Å². The third-order valence-corrected chi connectivity index (χ3v) is 6.09. The Morgan fingerprint density at radius 3 is 2.04 bits per heavy atom. The smallest absolute Gasteiger partial charge is 0.231 e. The van der Waals surface area contributed by atoms with Gasteiger partial charge in [-0.2, -0.15) is 15.0 Å². The van der Waals surface area contributed by atoms with Crippen molar-refractivity contribution in [3.05, 3.63) is 0 Å². The number of nitrogens with one attached hydrogen (secondary N) is 1. The molecule has 7 heteroatoms. The first-order valence-corrected chi connectivity index (χ1v) is 10.2. The monoisotopic (exact) mass is 361 g/mol. The summed E-state index contributed by atoms with van der Waals surface area (Å²) in [5, 5.41) is 3.51. The number of hydrogen-bond donors (Lipinski definition) is 2. The molecule has 1 aromatic rings. The van der Waals surface area contributed by atoms with Crippen LogP contribution in [0.1, 0.15) is 64.2 Å². The van der Waals surface area contributed by atoms with Crippen molar-refractivity contribution in [3.63, 3.8) is 0 Å². The number of aromatic nitrogens is 3. The summed E-state index contributed by atoms with van der Waals surface area (Å²) in [5.74, 6) is 1.63. The molecular formula is C19H35N7. The highest BCUT2D eigenvalue weighted by molar-refractivity contribution is 5.42. The molecule has 2 saturated carbocycles. The fourth-order valence-corrected chi connectivity index (χ4v) is 4.33. The highest BCUT2D eigenvalue weighted by Crippen LogP contribution is 2.27. The number of rotatable bonds is 5. The molecule has 146 valence electrons. The summed E-state index contributed by atoms with van der Waals surface area (Å²) in [6.07, 6.45) is 12.4. The van der Waals surface area contributed by atoms with Crippen LogP contribution in [0.2, 0.25) is 0 Å². The van der Waals surface area contributed by atoms with Gasteiger partial charge in [0.15, 0.2) is 0 Å². The van der Waals surface area contributed by atoms with Crippen LogP contribution in [-0.2, 0) is 0 Å². The maximum atomic E-state index is 5.99. The number of nitrogens with zero attached hydrogens (tertiary/aromatic N) is 5. The number of hydrogen-bond acceptors (Lipinski definition) is 7. The van der Waals surface area contributed by atoms with Gasteiger partial charge < -0.3 is 20.9 Å². The van der Waals surface area contributed by atoms with Gasteiger partial charge in [-0.15, -0.1) is 0 Å². The van der Waals surface area contributed by atoms with E-state index in [4.69, 9.17) is 5.73 Å². The molecule has 0 saturated heterocycles. The fraction of sp³-hybridized carbons (Fsp3) is 0.842. The van der Waals surface area contributed by atoms with Crippen molar-refractivity contribution in [1.29, 1.82) is 0 Å². The molecule has 0 aromatic carbocycles. The van der Waals surface area contributed by atoms with Crippen molar-refractivity contribution < 1.29 is 0 Å². The lowest BCUT2D eigenvalue weighted by molar-refractivity contribution is 0.215. The molecule has 1 aromatic heterocycles. The van der Waals surface area contributed by atoms with Gasteiger partial charge in [-0.05, 0) is 52.6 Å². The Morgan fingerprint density at radius 1 is 0.808 bits per heavy atom. The van der Waals surface area contributed by atoms with Crippen LogP contribution in [0.15, 0.2) is 0 Å². The van der Waals surface area contributed by atoms with E-state index in [0.29, 0.717) is 36.0 Å². The molecule has 2 fully saturated rings. The molecule has 0 spiro atoms. The molecule has 0 atom stereocenters. The first kappa shape index (κ1) is 19.1. The van der Waals surface area contributed by atoms with Crippen LogP contribution in [0.5, 0.6) is 0 Å². The zero-order valence-electron chi connectivity index (χ0n) is 16.6. The first-order chi connectivity index (χ1) is 12.5. The second-order valence-electron chi connectivity index (χ2n) is 8.19. The zero-order chi connectivity index (χ0) is 18.5. The van der Waals surface area contributed by atoms with E-state index in [0.717, 1.165) is 12.8 Å². The molecule has 1 heterocycles. The van der Waals surface area contributed by atoms with Gasteiger partial charge in [-0.25, -0.2) is 0 Å². The molecule has 26 heavy (non-hydrogen) atoms. The zero-order valence-corrected chi connectivity index (χ0v) is 16.6. The summed E-state index contributed by atoms with van der Waals surface area (Å²) >= 11 is 0. The summed E-state index contributed by atoms with van der Waals surface area (Å²) in [6.45, 7) is 0. The highest BCUT2D eigenvalue weighted by atomic mass is 15.3. The van der Waals surface area contributed by atoms with E-state index in [-0.39, 0.29) is 0 Å². The van der Waals surface area contributed by atoms with Crippen molar-refractivity contribution in [2.75, 3.05) is 37.1 Å².